The molecule has 2 aromatic rings. The van der Waals surface area contributed by atoms with E-state index in [4.69, 9.17) is 9.78 Å². The molecule has 0 saturated heterocycles. The Morgan fingerprint density at radius 3 is 1.06 bits per heavy atom. The van der Waals surface area contributed by atoms with Gasteiger partial charge in [-0.1, -0.05) is 115 Å². The number of hydrogen-bond donors (Lipinski definition) is 0. The Balaban J connectivity index is 1.58. The predicted molar refractivity (Wildman–Crippen MR) is 138 cm³/mol. The van der Waals surface area contributed by atoms with Gasteiger partial charge in [-0.05, 0) is 61.1 Å². The summed E-state index contributed by atoms with van der Waals surface area (Å²) in [6.45, 7) is 4.54. The van der Waals surface area contributed by atoms with Crippen molar-refractivity contribution in [2.75, 3.05) is 0 Å². The predicted octanol–water partition coefficient (Wildman–Crippen LogP) is 9.65. The number of unbranched alkanes of at least 4 members (excludes halogenated alkanes) is 12. The van der Waals surface area contributed by atoms with Gasteiger partial charge in [-0.15, -0.1) is 0 Å². The van der Waals surface area contributed by atoms with Crippen LogP contribution in [0.5, 0.6) is 11.5 Å². The van der Waals surface area contributed by atoms with Crippen molar-refractivity contribution in [2.24, 2.45) is 0 Å². The van der Waals surface area contributed by atoms with Gasteiger partial charge >= 0.3 is 0 Å². The second-order valence-electron chi connectivity index (χ2n) is 9.20. The van der Waals surface area contributed by atoms with Crippen LogP contribution in [0.2, 0.25) is 0 Å². The normalized spacial score (nSPS) is 10.9. The zero-order valence-corrected chi connectivity index (χ0v) is 20.7. The highest BCUT2D eigenvalue weighted by Crippen LogP contribution is 2.19. The summed E-state index contributed by atoms with van der Waals surface area (Å²) in [5, 5.41) is 0. The van der Waals surface area contributed by atoms with Crippen molar-refractivity contribution in [3.63, 3.8) is 0 Å². The molecule has 0 saturated carbocycles. The first-order valence-electron chi connectivity index (χ1n) is 13.3. The van der Waals surface area contributed by atoms with Gasteiger partial charge in [-0.2, -0.15) is 0 Å². The number of benzene rings is 2. The molecule has 32 heavy (non-hydrogen) atoms. The Hall–Kier alpha value is -1.96. The lowest BCUT2D eigenvalue weighted by molar-refractivity contribution is -0.0999. The van der Waals surface area contributed by atoms with Crippen LogP contribution in [0.15, 0.2) is 48.5 Å². The molecule has 0 unspecified atom stereocenters. The van der Waals surface area contributed by atoms with E-state index >= 15 is 0 Å². The summed E-state index contributed by atoms with van der Waals surface area (Å²) >= 11 is 0. The smallest absolute Gasteiger partial charge is 0.178 e. The third-order valence-corrected chi connectivity index (χ3v) is 6.22. The Bertz CT molecular complexity index is 613. The molecule has 0 fully saturated rings. The Labute approximate surface area is 197 Å². The van der Waals surface area contributed by atoms with Gasteiger partial charge < -0.3 is 0 Å². The highest BCUT2D eigenvalue weighted by Gasteiger charge is 2.01. The van der Waals surface area contributed by atoms with Crippen LogP contribution in [0.25, 0.3) is 0 Å². The topological polar surface area (TPSA) is 18.5 Å². The second-order valence-corrected chi connectivity index (χ2v) is 9.20. The second kappa shape index (κ2) is 17.6. The van der Waals surface area contributed by atoms with Crippen LogP contribution >= 0.6 is 0 Å². The summed E-state index contributed by atoms with van der Waals surface area (Å²) in [7, 11) is 0. The molecular formula is C30H46O2. The number of aryl methyl sites for hydroxylation is 2. The fourth-order valence-electron chi connectivity index (χ4n) is 4.09. The highest BCUT2D eigenvalue weighted by atomic mass is 17.2. The van der Waals surface area contributed by atoms with Gasteiger partial charge in [0.1, 0.15) is 0 Å². The van der Waals surface area contributed by atoms with Crippen LogP contribution in [0.3, 0.4) is 0 Å². The Morgan fingerprint density at radius 1 is 0.406 bits per heavy atom. The van der Waals surface area contributed by atoms with E-state index in [0.717, 1.165) is 24.3 Å². The maximum Gasteiger partial charge on any atom is 0.178 e. The summed E-state index contributed by atoms with van der Waals surface area (Å²) in [6.07, 6.45) is 21.2. The molecule has 0 aliphatic heterocycles. The SMILES string of the molecule is CCCCCCCCCc1ccc(OOc2ccc(CCCCCCCCC)cc2)cc1. The van der Waals surface area contributed by atoms with Gasteiger partial charge in [0.15, 0.2) is 11.5 Å². The first kappa shape index (κ1) is 26.3. The molecule has 2 aromatic carbocycles. The molecule has 178 valence electrons. The van der Waals surface area contributed by atoms with Crippen molar-refractivity contribution in [1.82, 2.24) is 0 Å². The first-order chi connectivity index (χ1) is 15.8. The fraction of sp³-hybridized carbons (Fsp3) is 0.600. The minimum Gasteiger partial charge on any atom is -0.290 e. The van der Waals surface area contributed by atoms with Gasteiger partial charge in [0, 0.05) is 0 Å². The third kappa shape index (κ3) is 12.2. The monoisotopic (exact) mass is 438 g/mol. The molecule has 0 amide bonds. The van der Waals surface area contributed by atoms with Gasteiger partial charge in [0.2, 0.25) is 0 Å². The molecule has 0 radical (unpaired) electrons. The zero-order chi connectivity index (χ0) is 22.7. The zero-order valence-electron chi connectivity index (χ0n) is 20.7. The molecule has 2 nitrogen and oxygen atoms in total. The van der Waals surface area contributed by atoms with Crippen molar-refractivity contribution in [3.05, 3.63) is 59.7 Å². The number of rotatable bonds is 19. The standard InChI is InChI=1S/C30H46O2/c1-3-5-7-9-11-13-15-17-27-19-23-29(24-20-27)31-32-30-25-21-28(22-26-30)18-16-14-12-10-8-6-4-2/h19-26H,3-18H2,1-2H3. The average molecular weight is 439 g/mol. The van der Waals surface area contributed by atoms with Gasteiger partial charge in [0.05, 0.1) is 0 Å². The van der Waals surface area contributed by atoms with E-state index < -0.39 is 0 Å². The van der Waals surface area contributed by atoms with E-state index in [-0.39, 0.29) is 0 Å². The molecular weight excluding hydrogens is 392 g/mol. The largest absolute Gasteiger partial charge is 0.290 e. The molecule has 0 N–H and O–H groups in total. The van der Waals surface area contributed by atoms with E-state index in [9.17, 15) is 0 Å². The maximum atomic E-state index is 5.51. The van der Waals surface area contributed by atoms with Crippen molar-refractivity contribution in [3.8, 4) is 11.5 Å². The molecule has 0 aliphatic rings. The quantitative estimate of drug-likeness (QED) is 0.123. The summed E-state index contributed by atoms with van der Waals surface area (Å²) in [6, 6.07) is 16.6. The molecule has 2 heteroatoms. The lowest BCUT2D eigenvalue weighted by Gasteiger charge is -2.08. The fourth-order valence-corrected chi connectivity index (χ4v) is 4.09. The average Bonchev–Trinajstić information content (AvgIpc) is 2.83. The minimum absolute atomic E-state index is 0.750. The van der Waals surface area contributed by atoms with Crippen molar-refractivity contribution in [1.29, 1.82) is 0 Å². The summed E-state index contributed by atoms with van der Waals surface area (Å²) in [5.41, 5.74) is 2.75. The molecule has 0 spiro atoms. The maximum absolute atomic E-state index is 5.51. The summed E-state index contributed by atoms with van der Waals surface area (Å²) in [4.78, 5) is 11.0. The lowest BCUT2D eigenvalue weighted by atomic mass is 10.0. The highest BCUT2D eigenvalue weighted by molar-refractivity contribution is 5.29. The summed E-state index contributed by atoms with van der Waals surface area (Å²) in [5.74, 6) is 1.50. The lowest BCUT2D eigenvalue weighted by Crippen LogP contribution is -2.00. The van der Waals surface area contributed by atoms with Gasteiger partial charge in [-0.25, -0.2) is 0 Å². The molecule has 0 bridgehead atoms. The Kier molecular flexibility index (Phi) is 14.4. The van der Waals surface area contributed by atoms with Crippen molar-refractivity contribution in [2.45, 2.75) is 117 Å². The van der Waals surface area contributed by atoms with Crippen LogP contribution < -0.4 is 9.78 Å². The first-order valence-corrected chi connectivity index (χ1v) is 13.3. The molecule has 2 rings (SSSR count). The van der Waals surface area contributed by atoms with Crippen LogP contribution in [0.4, 0.5) is 0 Å². The Morgan fingerprint density at radius 2 is 0.719 bits per heavy atom. The van der Waals surface area contributed by atoms with Crippen LogP contribution in [0, 0.1) is 0 Å². The van der Waals surface area contributed by atoms with Crippen molar-refractivity contribution >= 4 is 0 Å². The van der Waals surface area contributed by atoms with Crippen LogP contribution in [-0.2, 0) is 12.8 Å². The van der Waals surface area contributed by atoms with E-state index in [0.29, 0.717) is 0 Å². The molecule has 0 atom stereocenters. The molecule has 0 heterocycles. The van der Waals surface area contributed by atoms with Gasteiger partial charge in [-0.3, -0.25) is 9.78 Å². The van der Waals surface area contributed by atoms with E-state index in [1.54, 1.807) is 0 Å². The van der Waals surface area contributed by atoms with E-state index in [2.05, 4.69) is 38.1 Å². The van der Waals surface area contributed by atoms with Gasteiger partial charge in [0.25, 0.3) is 0 Å². The van der Waals surface area contributed by atoms with Crippen molar-refractivity contribution < 1.29 is 9.78 Å². The van der Waals surface area contributed by atoms with Crippen LogP contribution in [-0.4, -0.2) is 0 Å². The van der Waals surface area contributed by atoms with Crippen LogP contribution in [0.1, 0.15) is 115 Å². The minimum atomic E-state index is 0.750. The number of hydrogen-bond acceptors (Lipinski definition) is 2. The molecule has 0 aromatic heterocycles. The third-order valence-electron chi connectivity index (χ3n) is 6.22. The van der Waals surface area contributed by atoms with E-state index in [1.807, 2.05) is 24.3 Å². The summed E-state index contributed by atoms with van der Waals surface area (Å²) < 4.78 is 0. The molecule has 0 aliphatic carbocycles. The van der Waals surface area contributed by atoms with E-state index in [1.165, 1.54) is 101 Å².